The average molecular weight is 278 g/mol. The number of fused-ring (bicyclic) bond motifs is 1. The molecule has 0 aliphatic carbocycles. The first-order valence-electron chi connectivity index (χ1n) is 6.95. The molecule has 3 heteroatoms. The van der Waals surface area contributed by atoms with Crippen LogP contribution < -0.4 is 10.1 Å². The fraction of sp³-hybridized carbons (Fsp3) is 0.167. The number of hydrogen-bond acceptors (Lipinski definition) is 3. The summed E-state index contributed by atoms with van der Waals surface area (Å²) in [6.07, 6.45) is 0. The van der Waals surface area contributed by atoms with Crippen LogP contribution in [0.25, 0.3) is 10.9 Å². The first-order chi connectivity index (χ1) is 10.2. The quantitative estimate of drug-likeness (QED) is 0.760. The van der Waals surface area contributed by atoms with Crippen molar-refractivity contribution in [2.45, 2.75) is 13.8 Å². The van der Waals surface area contributed by atoms with Crippen LogP contribution in [-0.2, 0) is 0 Å². The predicted octanol–water partition coefficient (Wildman–Crippen LogP) is 4.60. The highest BCUT2D eigenvalue weighted by molar-refractivity contribution is 5.96. The minimum atomic E-state index is 0.795. The molecule has 2 aromatic carbocycles. The SMILES string of the molecule is COc1cccc2c(Nc3ccc(C)cc3)cc(C)nc12. The Morgan fingerprint density at radius 1 is 1.00 bits per heavy atom. The smallest absolute Gasteiger partial charge is 0.145 e. The molecule has 0 saturated carbocycles. The van der Waals surface area contributed by atoms with Gasteiger partial charge in [0.2, 0.25) is 0 Å². The average Bonchev–Trinajstić information content (AvgIpc) is 2.49. The second-order valence-electron chi connectivity index (χ2n) is 5.16. The Morgan fingerprint density at radius 3 is 2.48 bits per heavy atom. The highest BCUT2D eigenvalue weighted by Gasteiger charge is 2.08. The number of anilines is 2. The van der Waals surface area contributed by atoms with Crippen LogP contribution in [0.4, 0.5) is 11.4 Å². The summed E-state index contributed by atoms with van der Waals surface area (Å²) < 4.78 is 5.41. The molecule has 0 saturated heterocycles. The summed E-state index contributed by atoms with van der Waals surface area (Å²) in [5.74, 6) is 0.795. The number of nitrogens with zero attached hydrogens (tertiary/aromatic N) is 1. The standard InChI is InChI=1S/C18H18N2O/c1-12-7-9-14(10-8-12)20-16-11-13(2)19-18-15(16)5-4-6-17(18)21-3/h4-11H,1-3H3,(H,19,20). The van der Waals surface area contributed by atoms with E-state index in [0.717, 1.165) is 33.7 Å². The Balaban J connectivity index is 2.11. The van der Waals surface area contributed by atoms with Gasteiger partial charge in [0.15, 0.2) is 0 Å². The van der Waals surface area contributed by atoms with Gasteiger partial charge in [-0.2, -0.15) is 0 Å². The van der Waals surface area contributed by atoms with Crippen LogP contribution >= 0.6 is 0 Å². The molecule has 0 aliphatic heterocycles. The maximum atomic E-state index is 5.41. The molecule has 1 N–H and O–H groups in total. The summed E-state index contributed by atoms with van der Waals surface area (Å²) in [5, 5.41) is 4.53. The summed E-state index contributed by atoms with van der Waals surface area (Å²) in [6, 6.07) is 16.4. The molecule has 0 bridgehead atoms. The summed E-state index contributed by atoms with van der Waals surface area (Å²) >= 11 is 0. The second-order valence-corrected chi connectivity index (χ2v) is 5.16. The maximum absolute atomic E-state index is 5.41. The third-order valence-electron chi connectivity index (χ3n) is 3.48. The number of nitrogens with one attached hydrogen (secondary N) is 1. The van der Waals surface area contributed by atoms with E-state index in [1.54, 1.807) is 7.11 Å². The van der Waals surface area contributed by atoms with E-state index in [4.69, 9.17) is 4.74 Å². The highest BCUT2D eigenvalue weighted by atomic mass is 16.5. The van der Waals surface area contributed by atoms with E-state index in [-0.39, 0.29) is 0 Å². The Hall–Kier alpha value is -2.55. The van der Waals surface area contributed by atoms with Gasteiger partial charge in [-0.15, -0.1) is 0 Å². The lowest BCUT2D eigenvalue weighted by atomic mass is 10.1. The zero-order chi connectivity index (χ0) is 14.8. The fourth-order valence-corrected chi connectivity index (χ4v) is 2.41. The van der Waals surface area contributed by atoms with Gasteiger partial charge < -0.3 is 10.1 Å². The summed E-state index contributed by atoms with van der Waals surface area (Å²) in [6.45, 7) is 4.08. The molecule has 3 nitrogen and oxygen atoms in total. The number of benzene rings is 2. The number of methoxy groups -OCH3 is 1. The van der Waals surface area contributed by atoms with Gasteiger partial charge >= 0.3 is 0 Å². The topological polar surface area (TPSA) is 34.1 Å². The second kappa shape index (κ2) is 5.44. The molecule has 0 unspecified atom stereocenters. The Bertz CT molecular complexity index is 779. The normalized spacial score (nSPS) is 10.6. The van der Waals surface area contributed by atoms with Crippen molar-refractivity contribution in [3.63, 3.8) is 0 Å². The zero-order valence-corrected chi connectivity index (χ0v) is 12.5. The minimum absolute atomic E-state index is 0.795. The van der Waals surface area contributed by atoms with Crippen molar-refractivity contribution < 1.29 is 4.74 Å². The fourth-order valence-electron chi connectivity index (χ4n) is 2.41. The third-order valence-corrected chi connectivity index (χ3v) is 3.48. The van der Waals surface area contributed by atoms with Crippen LogP contribution in [0.5, 0.6) is 5.75 Å². The van der Waals surface area contributed by atoms with Crippen LogP contribution in [0.15, 0.2) is 48.5 Å². The molecular formula is C18H18N2O. The molecule has 0 spiro atoms. The zero-order valence-electron chi connectivity index (χ0n) is 12.5. The van der Waals surface area contributed by atoms with Gasteiger partial charge in [-0.05, 0) is 38.1 Å². The van der Waals surface area contributed by atoms with Crippen LogP contribution in [-0.4, -0.2) is 12.1 Å². The highest BCUT2D eigenvalue weighted by Crippen LogP contribution is 2.31. The molecule has 0 aliphatic rings. The van der Waals surface area contributed by atoms with E-state index in [2.05, 4.69) is 53.6 Å². The molecule has 1 aromatic heterocycles. The molecular weight excluding hydrogens is 260 g/mol. The van der Waals surface area contributed by atoms with Gasteiger partial charge in [0.05, 0.1) is 7.11 Å². The monoisotopic (exact) mass is 278 g/mol. The molecule has 1 heterocycles. The van der Waals surface area contributed by atoms with Crippen molar-refractivity contribution in [1.29, 1.82) is 0 Å². The van der Waals surface area contributed by atoms with Crippen LogP contribution in [0.3, 0.4) is 0 Å². The van der Waals surface area contributed by atoms with Crippen molar-refractivity contribution in [3.8, 4) is 5.75 Å². The van der Waals surface area contributed by atoms with Crippen molar-refractivity contribution in [1.82, 2.24) is 4.98 Å². The van der Waals surface area contributed by atoms with Crippen molar-refractivity contribution in [3.05, 3.63) is 59.8 Å². The Kier molecular flexibility index (Phi) is 3.48. The lowest BCUT2D eigenvalue weighted by Gasteiger charge is -2.13. The van der Waals surface area contributed by atoms with Crippen LogP contribution in [0.2, 0.25) is 0 Å². The predicted molar refractivity (Wildman–Crippen MR) is 87.5 cm³/mol. The lowest BCUT2D eigenvalue weighted by molar-refractivity contribution is 0.419. The van der Waals surface area contributed by atoms with E-state index in [1.165, 1.54) is 5.56 Å². The van der Waals surface area contributed by atoms with Gasteiger partial charge in [0.1, 0.15) is 11.3 Å². The largest absolute Gasteiger partial charge is 0.494 e. The lowest BCUT2D eigenvalue weighted by Crippen LogP contribution is -1.96. The van der Waals surface area contributed by atoms with Gasteiger partial charge in [-0.1, -0.05) is 29.8 Å². The number of aryl methyl sites for hydroxylation is 2. The minimum Gasteiger partial charge on any atom is -0.494 e. The molecule has 0 fully saturated rings. The molecule has 0 radical (unpaired) electrons. The molecule has 3 aromatic rings. The van der Waals surface area contributed by atoms with Gasteiger partial charge in [-0.3, -0.25) is 0 Å². The van der Waals surface area contributed by atoms with Gasteiger partial charge in [0, 0.05) is 22.5 Å². The summed E-state index contributed by atoms with van der Waals surface area (Å²) in [7, 11) is 1.67. The van der Waals surface area contributed by atoms with Gasteiger partial charge in [0.25, 0.3) is 0 Å². The molecule has 0 atom stereocenters. The van der Waals surface area contributed by atoms with E-state index < -0.39 is 0 Å². The van der Waals surface area contributed by atoms with E-state index in [1.807, 2.05) is 19.1 Å². The number of para-hydroxylation sites is 1. The number of ether oxygens (including phenoxy) is 1. The van der Waals surface area contributed by atoms with E-state index in [0.29, 0.717) is 0 Å². The van der Waals surface area contributed by atoms with Gasteiger partial charge in [-0.25, -0.2) is 4.98 Å². The van der Waals surface area contributed by atoms with E-state index >= 15 is 0 Å². The van der Waals surface area contributed by atoms with Crippen molar-refractivity contribution in [2.75, 3.05) is 12.4 Å². The number of aromatic nitrogens is 1. The van der Waals surface area contributed by atoms with E-state index in [9.17, 15) is 0 Å². The number of hydrogen-bond donors (Lipinski definition) is 1. The number of pyridine rings is 1. The Morgan fingerprint density at radius 2 is 1.76 bits per heavy atom. The summed E-state index contributed by atoms with van der Waals surface area (Å²) in [4.78, 5) is 4.60. The first kappa shape index (κ1) is 13.4. The molecule has 0 amide bonds. The Labute approximate surface area is 124 Å². The van der Waals surface area contributed by atoms with Crippen molar-refractivity contribution in [2.24, 2.45) is 0 Å². The van der Waals surface area contributed by atoms with Crippen molar-refractivity contribution >= 4 is 22.3 Å². The summed E-state index contributed by atoms with van der Waals surface area (Å²) in [5.41, 5.74) is 5.20. The maximum Gasteiger partial charge on any atom is 0.145 e. The first-order valence-corrected chi connectivity index (χ1v) is 6.95. The van der Waals surface area contributed by atoms with Crippen LogP contribution in [0.1, 0.15) is 11.3 Å². The molecule has 3 rings (SSSR count). The number of rotatable bonds is 3. The molecule has 21 heavy (non-hydrogen) atoms. The third kappa shape index (κ3) is 2.68. The van der Waals surface area contributed by atoms with Crippen LogP contribution in [0, 0.1) is 13.8 Å². The molecule has 106 valence electrons.